The van der Waals surface area contributed by atoms with Gasteiger partial charge in [-0.15, -0.1) is 0 Å². The van der Waals surface area contributed by atoms with Gasteiger partial charge in [0.15, 0.2) is 11.9 Å². The SMILES string of the molecule is CCCC1=C(Cn2ccnc2-c2cccc(F)n2)N=CN2C1=NCC2C(=O)OCC. The zero-order chi connectivity index (χ0) is 21.1. The summed E-state index contributed by atoms with van der Waals surface area (Å²) in [4.78, 5) is 31.6. The van der Waals surface area contributed by atoms with Crippen LogP contribution in [-0.4, -0.2) is 56.8 Å². The van der Waals surface area contributed by atoms with Gasteiger partial charge in [-0.1, -0.05) is 19.4 Å². The van der Waals surface area contributed by atoms with Gasteiger partial charge in [-0.3, -0.25) is 4.99 Å². The number of fused-ring (bicyclic) bond motifs is 1. The van der Waals surface area contributed by atoms with Crippen LogP contribution in [0.5, 0.6) is 0 Å². The number of carbonyl (C=O) groups excluding carboxylic acids is 1. The molecule has 30 heavy (non-hydrogen) atoms. The molecule has 0 bridgehead atoms. The molecule has 0 saturated carbocycles. The normalized spacial score (nSPS) is 17.9. The zero-order valence-electron chi connectivity index (χ0n) is 17.0. The Hall–Kier alpha value is -3.36. The van der Waals surface area contributed by atoms with Crippen molar-refractivity contribution < 1.29 is 13.9 Å². The number of imidazole rings is 1. The fourth-order valence-electron chi connectivity index (χ4n) is 3.65. The minimum atomic E-state index is -0.551. The van der Waals surface area contributed by atoms with Gasteiger partial charge in [0, 0.05) is 18.0 Å². The van der Waals surface area contributed by atoms with Crippen LogP contribution in [0.3, 0.4) is 0 Å². The third-order valence-electron chi connectivity index (χ3n) is 4.99. The largest absolute Gasteiger partial charge is 0.464 e. The van der Waals surface area contributed by atoms with E-state index in [0.29, 0.717) is 31.2 Å². The van der Waals surface area contributed by atoms with Crippen LogP contribution in [-0.2, 0) is 16.1 Å². The molecule has 9 heteroatoms. The van der Waals surface area contributed by atoms with Gasteiger partial charge in [0.25, 0.3) is 0 Å². The van der Waals surface area contributed by atoms with E-state index in [0.717, 1.165) is 29.9 Å². The molecular weight excluding hydrogens is 387 g/mol. The minimum Gasteiger partial charge on any atom is -0.464 e. The maximum atomic E-state index is 13.6. The highest BCUT2D eigenvalue weighted by Gasteiger charge is 2.37. The second-order valence-corrected chi connectivity index (χ2v) is 6.98. The number of pyridine rings is 1. The number of allylic oxidation sites excluding steroid dienone is 1. The van der Waals surface area contributed by atoms with Crippen molar-refractivity contribution in [3.05, 3.63) is 47.8 Å². The van der Waals surface area contributed by atoms with E-state index in [-0.39, 0.29) is 5.97 Å². The fraction of sp³-hybridized carbons (Fsp3) is 0.381. The summed E-state index contributed by atoms with van der Waals surface area (Å²) in [5.41, 5.74) is 2.30. The molecule has 8 nitrogen and oxygen atoms in total. The van der Waals surface area contributed by atoms with Crippen molar-refractivity contribution in [1.29, 1.82) is 0 Å². The van der Waals surface area contributed by atoms with Crippen LogP contribution in [0.15, 0.2) is 51.8 Å². The van der Waals surface area contributed by atoms with Crippen LogP contribution >= 0.6 is 0 Å². The highest BCUT2D eigenvalue weighted by molar-refractivity contribution is 6.10. The maximum Gasteiger partial charge on any atom is 0.331 e. The lowest BCUT2D eigenvalue weighted by atomic mass is 10.0. The molecule has 0 N–H and O–H groups in total. The van der Waals surface area contributed by atoms with E-state index >= 15 is 0 Å². The summed E-state index contributed by atoms with van der Waals surface area (Å²) >= 11 is 0. The van der Waals surface area contributed by atoms with Crippen LogP contribution in [0.25, 0.3) is 11.5 Å². The van der Waals surface area contributed by atoms with E-state index in [9.17, 15) is 9.18 Å². The van der Waals surface area contributed by atoms with Gasteiger partial charge in [0.05, 0.1) is 31.7 Å². The second kappa shape index (κ2) is 8.56. The number of halogens is 1. The number of hydrogen-bond acceptors (Lipinski definition) is 7. The molecule has 1 atom stereocenters. The summed E-state index contributed by atoms with van der Waals surface area (Å²) in [5, 5.41) is 0. The average molecular weight is 410 g/mol. The Bertz CT molecular complexity index is 1040. The van der Waals surface area contributed by atoms with Gasteiger partial charge in [0.2, 0.25) is 5.95 Å². The van der Waals surface area contributed by atoms with E-state index in [4.69, 9.17) is 4.74 Å². The summed E-state index contributed by atoms with van der Waals surface area (Å²) in [6.07, 6.45) is 6.81. The van der Waals surface area contributed by atoms with Gasteiger partial charge in [0.1, 0.15) is 11.5 Å². The summed E-state index contributed by atoms with van der Waals surface area (Å²) in [7, 11) is 0. The lowest BCUT2D eigenvalue weighted by molar-refractivity contribution is -0.146. The maximum absolute atomic E-state index is 13.6. The Kier molecular flexibility index (Phi) is 5.69. The molecule has 156 valence electrons. The highest BCUT2D eigenvalue weighted by atomic mass is 19.1. The third kappa shape index (κ3) is 3.74. The number of rotatable bonds is 7. The number of ether oxygens (including phenoxy) is 1. The van der Waals surface area contributed by atoms with Crippen molar-refractivity contribution in [3.63, 3.8) is 0 Å². The quantitative estimate of drug-likeness (QED) is 0.518. The molecular formula is C21H23FN6O2. The summed E-state index contributed by atoms with van der Waals surface area (Å²) in [5.74, 6) is 0.486. The number of esters is 1. The predicted octanol–water partition coefficient (Wildman–Crippen LogP) is 2.83. The number of hydrogen-bond donors (Lipinski definition) is 0. The average Bonchev–Trinajstić information content (AvgIpc) is 3.37. The molecule has 4 rings (SSSR count). The van der Waals surface area contributed by atoms with Crippen molar-refractivity contribution in [2.45, 2.75) is 39.3 Å². The van der Waals surface area contributed by atoms with Gasteiger partial charge in [-0.25, -0.2) is 19.8 Å². The number of nitrogens with zero attached hydrogens (tertiary/aromatic N) is 6. The van der Waals surface area contributed by atoms with E-state index in [2.05, 4.69) is 26.9 Å². The standard InChI is InChI=1S/C21H23FN6O2/c1-3-6-14-16(25-13-28-17(11-24-19(14)28)21(29)30-4-2)12-27-10-9-23-20(27)15-7-5-8-18(22)26-15/h5,7-10,13,17H,3-4,6,11-12H2,1-2H3. The lowest BCUT2D eigenvalue weighted by Gasteiger charge is -2.27. The highest BCUT2D eigenvalue weighted by Crippen LogP contribution is 2.28. The van der Waals surface area contributed by atoms with E-state index in [1.807, 2.05) is 10.8 Å². The van der Waals surface area contributed by atoms with Crippen molar-refractivity contribution in [2.75, 3.05) is 13.2 Å². The number of carbonyl (C=O) groups is 1. The summed E-state index contributed by atoms with van der Waals surface area (Å²) < 4.78 is 20.6. The van der Waals surface area contributed by atoms with Crippen molar-refractivity contribution >= 4 is 18.1 Å². The van der Waals surface area contributed by atoms with Gasteiger partial charge in [-0.05, 0) is 25.5 Å². The number of aliphatic imine (C=N–C) groups is 2. The molecule has 0 radical (unpaired) electrons. The summed E-state index contributed by atoms with van der Waals surface area (Å²) in [6.45, 7) is 5.00. The first-order valence-corrected chi connectivity index (χ1v) is 10.0. The Morgan fingerprint density at radius 2 is 2.20 bits per heavy atom. The van der Waals surface area contributed by atoms with Crippen LogP contribution in [0.2, 0.25) is 0 Å². The van der Waals surface area contributed by atoms with Crippen LogP contribution in [0.1, 0.15) is 26.7 Å². The molecule has 2 aliphatic heterocycles. The molecule has 2 aromatic rings. The molecule has 2 aromatic heterocycles. The summed E-state index contributed by atoms with van der Waals surface area (Å²) in [6, 6.07) is 4.16. The van der Waals surface area contributed by atoms with Crippen molar-refractivity contribution in [3.8, 4) is 11.5 Å². The Morgan fingerprint density at radius 3 is 2.97 bits per heavy atom. The minimum absolute atomic E-state index is 0.295. The van der Waals surface area contributed by atoms with E-state index in [1.54, 1.807) is 36.5 Å². The van der Waals surface area contributed by atoms with Gasteiger partial charge in [-0.2, -0.15) is 4.39 Å². The Labute approximate surface area is 173 Å². The fourth-order valence-corrected chi connectivity index (χ4v) is 3.65. The first-order chi connectivity index (χ1) is 14.6. The number of aromatic nitrogens is 3. The van der Waals surface area contributed by atoms with Crippen LogP contribution in [0, 0.1) is 5.95 Å². The molecule has 0 aliphatic carbocycles. The van der Waals surface area contributed by atoms with E-state index in [1.165, 1.54) is 6.07 Å². The van der Waals surface area contributed by atoms with Crippen LogP contribution < -0.4 is 0 Å². The van der Waals surface area contributed by atoms with Gasteiger partial charge < -0.3 is 14.2 Å². The van der Waals surface area contributed by atoms with Crippen molar-refractivity contribution in [1.82, 2.24) is 19.4 Å². The Morgan fingerprint density at radius 1 is 1.33 bits per heavy atom. The molecule has 0 saturated heterocycles. The molecule has 0 fully saturated rings. The Balaban J connectivity index is 1.63. The first kappa shape index (κ1) is 19.9. The molecule has 4 heterocycles. The smallest absolute Gasteiger partial charge is 0.331 e. The molecule has 0 aromatic carbocycles. The monoisotopic (exact) mass is 410 g/mol. The first-order valence-electron chi connectivity index (χ1n) is 10.0. The lowest BCUT2D eigenvalue weighted by Crippen LogP contribution is -2.44. The molecule has 2 aliphatic rings. The molecule has 0 spiro atoms. The molecule has 1 unspecified atom stereocenters. The number of amidine groups is 1. The van der Waals surface area contributed by atoms with Crippen LogP contribution in [0.4, 0.5) is 4.39 Å². The van der Waals surface area contributed by atoms with Gasteiger partial charge >= 0.3 is 5.97 Å². The molecule has 0 amide bonds. The second-order valence-electron chi connectivity index (χ2n) is 6.98. The van der Waals surface area contributed by atoms with Crippen molar-refractivity contribution in [2.24, 2.45) is 9.98 Å². The zero-order valence-corrected chi connectivity index (χ0v) is 17.0. The predicted molar refractivity (Wildman–Crippen MR) is 110 cm³/mol. The van der Waals surface area contributed by atoms with E-state index < -0.39 is 12.0 Å². The third-order valence-corrected chi connectivity index (χ3v) is 4.99. The topological polar surface area (TPSA) is 85.0 Å².